The van der Waals surface area contributed by atoms with Crippen LogP contribution in [0.3, 0.4) is 0 Å². The maximum atomic E-state index is 8.97. The first-order valence-electron chi connectivity index (χ1n) is 9.34. The predicted octanol–water partition coefficient (Wildman–Crippen LogP) is 1.77. The molecule has 0 radical (unpaired) electrons. The Labute approximate surface area is 145 Å². The van der Waals surface area contributed by atoms with E-state index >= 15 is 0 Å². The van der Waals surface area contributed by atoms with Crippen LogP contribution >= 0.6 is 0 Å². The van der Waals surface area contributed by atoms with Crippen molar-refractivity contribution in [1.82, 2.24) is 15.8 Å². The van der Waals surface area contributed by atoms with Crippen molar-refractivity contribution in [3.63, 3.8) is 0 Å². The second-order valence-electron chi connectivity index (χ2n) is 7.01. The fourth-order valence-electron chi connectivity index (χ4n) is 4.10. The van der Waals surface area contributed by atoms with Crippen LogP contribution in [-0.4, -0.2) is 48.9 Å². The number of para-hydroxylation sites is 1. The van der Waals surface area contributed by atoms with Gasteiger partial charge in [0.1, 0.15) is 12.4 Å². The largest absolute Gasteiger partial charge is 0.491 e. The van der Waals surface area contributed by atoms with Crippen LogP contribution < -0.4 is 15.6 Å². The van der Waals surface area contributed by atoms with E-state index in [1.54, 1.807) is 0 Å². The summed E-state index contributed by atoms with van der Waals surface area (Å²) >= 11 is 0. The molecule has 3 rings (SSSR count). The lowest BCUT2D eigenvalue weighted by atomic mass is 9.82. The van der Waals surface area contributed by atoms with Crippen molar-refractivity contribution in [2.24, 2.45) is 11.8 Å². The van der Waals surface area contributed by atoms with Gasteiger partial charge in [0.25, 0.3) is 0 Å². The van der Waals surface area contributed by atoms with E-state index in [0.717, 1.165) is 43.8 Å². The highest BCUT2D eigenvalue weighted by Crippen LogP contribution is 2.29. The number of nitrogens with one attached hydrogen (secondary N) is 2. The van der Waals surface area contributed by atoms with Crippen molar-refractivity contribution in [3.8, 4) is 5.75 Å². The Bertz CT molecular complexity index is 503. The first-order valence-corrected chi connectivity index (χ1v) is 9.34. The summed E-state index contributed by atoms with van der Waals surface area (Å²) in [6.07, 6.45) is 3.77. The standard InChI is InChI=1S/C19H31N3O2/c1-2-15-13-20-21-19(15)16-7-9-22(10-8-16)14-17-5-3-4-6-18(17)24-12-11-23/h3-6,15-16,19-21,23H,2,7-14H2,1H3. The van der Waals surface area contributed by atoms with Crippen LogP contribution in [0.1, 0.15) is 31.7 Å². The molecule has 2 atom stereocenters. The lowest BCUT2D eigenvalue weighted by Crippen LogP contribution is -2.44. The molecule has 1 aromatic rings. The van der Waals surface area contributed by atoms with Gasteiger partial charge in [0.05, 0.1) is 6.61 Å². The Kier molecular flexibility index (Phi) is 6.49. The zero-order valence-corrected chi connectivity index (χ0v) is 14.7. The Hall–Kier alpha value is -1.14. The maximum absolute atomic E-state index is 8.97. The molecular weight excluding hydrogens is 302 g/mol. The maximum Gasteiger partial charge on any atom is 0.123 e. The van der Waals surface area contributed by atoms with Gasteiger partial charge in [-0.25, -0.2) is 0 Å². The Morgan fingerprint density at radius 1 is 1.25 bits per heavy atom. The number of hydrazine groups is 1. The van der Waals surface area contributed by atoms with E-state index in [1.165, 1.54) is 24.8 Å². The summed E-state index contributed by atoms with van der Waals surface area (Å²) in [5, 5.41) is 8.97. The van der Waals surface area contributed by atoms with Crippen LogP contribution in [0.4, 0.5) is 0 Å². The molecule has 2 fully saturated rings. The zero-order valence-electron chi connectivity index (χ0n) is 14.7. The molecule has 5 heteroatoms. The number of rotatable bonds is 7. The third-order valence-electron chi connectivity index (χ3n) is 5.52. The van der Waals surface area contributed by atoms with E-state index in [4.69, 9.17) is 9.84 Å². The van der Waals surface area contributed by atoms with Gasteiger partial charge >= 0.3 is 0 Å². The molecular formula is C19H31N3O2. The Morgan fingerprint density at radius 3 is 2.79 bits per heavy atom. The van der Waals surface area contributed by atoms with Gasteiger partial charge in [0.15, 0.2) is 0 Å². The number of benzene rings is 1. The molecule has 3 N–H and O–H groups in total. The summed E-state index contributed by atoms with van der Waals surface area (Å²) in [5.41, 5.74) is 8.08. The molecule has 1 aromatic carbocycles. The summed E-state index contributed by atoms with van der Waals surface area (Å²) < 4.78 is 5.66. The normalized spacial score (nSPS) is 25.9. The molecule has 134 valence electrons. The molecule has 2 unspecified atom stereocenters. The zero-order chi connectivity index (χ0) is 16.8. The van der Waals surface area contributed by atoms with Gasteiger partial charge in [-0.3, -0.25) is 15.8 Å². The van der Waals surface area contributed by atoms with Crippen LogP contribution in [0, 0.1) is 11.8 Å². The van der Waals surface area contributed by atoms with Gasteiger partial charge < -0.3 is 9.84 Å². The second kappa shape index (κ2) is 8.81. The number of hydrogen-bond acceptors (Lipinski definition) is 5. The molecule has 0 bridgehead atoms. The summed E-state index contributed by atoms with van der Waals surface area (Å²) in [4.78, 5) is 2.53. The highest BCUT2D eigenvalue weighted by molar-refractivity contribution is 5.33. The first kappa shape index (κ1) is 17.7. The van der Waals surface area contributed by atoms with Gasteiger partial charge in [-0.15, -0.1) is 0 Å². The van der Waals surface area contributed by atoms with Crippen LogP contribution in [0.5, 0.6) is 5.75 Å². The van der Waals surface area contributed by atoms with E-state index in [0.29, 0.717) is 12.6 Å². The van der Waals surface area contributed by atoms with Crippen molar-refractivity contribution < 1.29 is 9.84 Å². The van der Waals surface area contributed by atoms with Crippen molar-refractivity contribution in [2.45, 2.75) is 38.8 Å². The highest BCUT2D eigenvalue weighted by atomic mass is 16.5. The third-order valence-corrected chi connectivity index (χ3v) is 5.52. The van der Waals surface area contributed by atoms with Crippen LogP contribution in [0.25, 0.3) is 0 Å². The minimum absolute atomic E-state index is 0.0563. The average molecular weight is 333 g/mol. The fraction of sp³-hybridized carbons (Fsp3) is 0.684. The van der Waals surface area contributed by atoms with Gasteiger partial charge in [0, 0.05) is 24.7 Å². The number of likely N-dealkylation sites (tertiary alicyclic amines) is 1. The molecule has 0 spiro atoms. The number of aliphatic hydroxyl groups is 1. The number of piperidine rings is 1. The summed E-state index contributed by atoms with van der Waals surface area (Å²) in [6.45, 7) is 7.05. The molecule has 2 aliphatic rings. The van der Waals surface area contributed by atoms with Gasteiger partial charge in [-0.05, 0) is 43.8 Å². The minimum Gasteiger partial charge on any atom is -0.491 e. The van der Waals surface area contributed by atoms with Crippen LogP contribution in [0.2, 0.25) is 0 Å². The molecule has 0 aromatic heterocycles. The summed E-state index contributed by atoms with van der Waals surface area (Å²) in [7, 11) is 0. The lowest BCUT2D eigenvalue weighted by Gasteiger charge is -2.36. The predicted molar refractivity (Wildman–Crippen MR) is 95.7 cm³/mol. The number of nitrogens with zero attached hydrogens (tertiary/aromatic N) is 1. The molecule has 24 heavy (non-hydrogen) atoms. The van der Waals surface area contributed by atoms with Gasteiger partial charge in [-0.2, -0.15) is 0 Å². The van der Waals surface area contributed by atoms with Crippen LogP contribution in [0.15, 0.2) is 24.3 Å². The first-order chi connectivity index (χ1) is 11.8. The van der Waals surface area contributed by atoms with E-state index in [-0.39, 0.29) is 6.61 Å². The minimum atomic E-state index is 0.0563. The van der Waals surface area contributed by atoms with E-state index in [1.807, 2.05) is 12.1 Å². The number of ether oxygens (including phenoxy) is 1. The van der Waals surface area contributed by atoms with Crippen molar-refractivity contribution in [2.75, 3.05) is 32.8 Å². The third kappa shape index (κ3) is 4.28. The van der Waals surface area contributed by atoms with Crippen molar-refractivity contribution in [3.05, 3.63) is 29.8 Å². The second-order valence-corrected chi connectivity index (χ2v) is 7.01. The van der Waals surface area contributed by atoms with E-state index < -0.39 is 0 Å². The van der Waals surface area contributed by atoms with Crippen molar-refractivity contribution >= 4 is 0 Å². The molecule has 2 saturated heterocycles. The van der Waals surface area contributed by atoms with Crippen molar-refractivity contribution in [1.29, 1.82) is 0 Å². The van der Waals surface area contributed by atoms with Crippen LogP contribution in [-0.2, 0) is 6.54 Å². The molecule has 5 nitrogen and oxygen atoms in total. The average Bonchev–Trinajstić information content (AvgIpc) is 3.10. The Balaban J connectivity index is 1.52. The smallest absolute Gasteiger partial charge is 0.123 e. The molecule has 0 amide bonds. The molecule has 2 heterocycles. The highest BCUT2D eigenvalue weighted by Gasteiger charge is 2.34. The number of hydrogen-bond donors (Lipinski definition) is 3. The lowest BCUT2D eigenvalue weighted by molar-refractivity contribution is 0.141. The van der Waals surface area contributed by atoms with Gasteiger partial charge in [-0.1, -0.05) is 31.5 Å². The van der Waals surface area contributed by atoms with E-state index in [9.17, 15) is 0 Å². The SMILES string of the molecule is CCC1CNNC1C1CCN(Cc2ccccc2OCCO)CC1. The fourth-order valence-corrected chi connectivity index (χ4v) is 4.10. The quantitative estimate of drug-likeness (QED) is 0.710. The molecule has 0 aliphatic carbocycles. The molecule has 0 saturated carbocycles. The summed E-state index contributed by atoms with van der Waals surface area (Å²) in [5.74, 6) is 2.46. The topological polar surface area (TPSA) is 56.8 Å². The van der Waals surface area contributed by atoms with Gasteiger partial charge in [0.2, 0.25) is 0 Å². The number of aliphatic hydroxyl groups excluding tert-OH is 1. The monoisotopic (exact) mass is 333 g/mol. The Morgan fingerprint density at radius 2 is 2.04 bits per heavy atom. The van der Waals surface area contributed by atoms with E-state index in [2.05, 4.69) is 34.8 Å². The molecule has 2 aliphatic heterocycles. The summed E-state index contributed by atoms with van der Waals surface area (Å²) in [6, 6.07) is 8.82.